The van der Waals surface area contributed by atoms with Crippen LogP contribution in [-0.2, 0) is 13.5 Å². The fourth-order valence-corrected chi connectivity index (χ4v) is 5.29. The van der Waals surface area contributed by atoms with Crippen molar-refractivity contribution in [3.63, 3.8) is 0 Å². The van der Waals surface area contributed by atoms with Crippen LogP contribution in [0, 0.1) is 12.7 Å². The van der Waals surface area contributed by atoms with Gasteiger partial charge in [0.25, 0.3) is 11.8 Å². The molecule has 2 aromatic heterocycles. The monoisotopic (exact) mass is 585 g/mol. The fourth-order valence-electron chi connectivity index (χ4n) is 5.29. The quantitative estimate of drug-likeness (QED) is 0.238. The summed E-state index contributed by atoms with van der Waals surface area (Å²) >= 11 is 0. The molecule has 10 heteroatoms. The molecule has 0 saturated heterocycles. The summed E-state index contributed by atoms with van der Waals surface area (Å²) in [6, 6.07) is 18.2. The first kappa shape index (κ1) is 29.9. The summed E-state index contributed by atoms with van der Waals surface area (Å²) in [6.45, 7) is 2.03. The van der Waals surface area contributed by atoms with E-state index >= 15 is 0 Å². The number of nitrogens with zero attached hydrogens (tertiary/aromatic N) is 3. The molecular weight excluding hydrogens is 549 g/mol. The standard InChI is InChI=1S/C33H36FN5O4/c1-21-16-30(38-39(21)2)32(42)37-27-13-11-26(12-14-27)36-31(41)29-19-25(34)20-35-33(29)43-28-10-4-9-24(18-28)23-8-3-6-22(17-23)7-5-15-40/h3-4,6,8-10,16-20,26-27,40H,5,7,11-15H2,1-2H3,(H,36,41)(H,37,42)/t26-,27-. The smallest absolute Gasteiger partial charge is 0.272 e. The van der Waals surface area contributed by atoms with E-state index in [0.29, 0.717) is 43.5 Å². The Bertz CT molecular complexity index is 1580. The Balaban J connectivity index is 1.21. The molecule has 2 amide bonds. The molecule has 43 heavy (non-hydrogen) atoms. The minimum absolute atomic E-state index is 0.0114. The number of benzene rings is 2. The van der Waals surface area contributed by atoms with Crippen LogP contribution in [0.5, 0.6) is 11.6 Å². The molecule has 5 rings (SSSR count). The lowest BCUT2D eigenvalue weighted by atomic mass is 9.91. The number of hydrogen-bond acceptors (Lipinski definition) is 6. The summed E-state index contributed by atoms with van der Waals surface area (Å²) in [5, 5.41) is 19.4. The number of rotatable bonds is 10. The first-order valence-corrected chi connectivity index (χ1v) is 14.5. The van der Waals surface area contributed by atoms with Gasteiger partial charge < -0.3 is 20.5 Å². The maximum absolute atomic E-state index is 14.2. The van der Waals surface area contributed by atoms with Gasteiger partial charge in [-0.1, -0.05) is 36.4 Å². The Morgan fingerprint density at radius 2 is 1.65 bits per heavy atom. The van der Waals surface area contributed by atoms with Crippen LogP contribution < -0.4 is 15.4 Å². The number of hydrogen-bond donors (Lipinski definition) is 3. The second-order valence-corrected chi connectivity index (χ2v) is 11.0. The van der Waals surface area contributed by atoms with E-state index in [0.717, 1.165) is 41.1 Å². The van der Waals surface area contributed by atoms with Crippen molar-refractivity contribution in [2.45, 2.75) is 57.5 Å². The molecule has 1 aliphatic carbocycles. The third-order valence-corrected chi connectivity index (χ3v) is 7.74. The van der Waals surface area contributed by atoms with E-state index in [1.54, 1.807) is 23.9 Å². The number of carbonyl (C=O) groups is 2. The lowest BCUT2D eigenvalue weighted by Crippen LogP contribution is -2.44. The molecule has 1 aliphatic rings. The van der Waals surface area contributed by atoms with Gasteiger partial charge in [-0.15, -0.1) is 0 Å². The van der Waals surface area contributed by atoms with Crippen molar-refractivity contribution >= 4 is 11.8 Å². The second kappa shape index (κ2) is 13.6. The number of ether oxygens (including phenoxy) is 1. The van der Waals surface area contributed by atoms with Crippen LogP contribution in [0.25, 0.3) is 11.1 Å². The number of carbonyl (C=O) groups excluding carboxylic acids is 2. The van der Waals surface area contributed by atoms with Crippen molar-refractivity contribution in [3.05, 3.63) is 95.2 Å². The highest BCUT2D eigenvalue weighted by molar-refractivity contribution is 5.96. The van der Waals surface area contributed by atoms with E-state index in [1.807, 2.05) is 43.3 Å². The third-order valence-electron chi connectivity index (χ3n) is 7.74. The predicted molar refractivity (Wildman–Crippen MR) is 160 cm³/mol. The van der Waals surface area contributed by atoms with Gasteiger partial charge in [0.15, 0.2) is 0 Å². The van der Waals surface area contributed by atoms with Crippen molar-refractivity contribution < 1.29 is 23.8 Å². The van der Waals surface area contributed by atoms with Gasteiger partial charge in [-0.2, -0.15) is 5.10 Å². The molecule has 0 aliphatic heterocycles. The molecule has 0 atom stereocenters. The minimum Gasteiger partial charge on any atom is -0.438 e. The lowest BCUT2D eigenvalue weighted by molar-refractivity contribution is 0.0887. The summed E-state index contributed by atoms with van der Waals surface area (Å²) in [5.41, 5.74) is 4.33. The normalized spacial score (nSPS) is 16.5. The van der Waals surface area contributed by atoms with Crippen molar-refractivity contribution in [1.82, 2.24) is 25.4 Å². The number of aryl methyl sites for hydroxylation is 3. The lowest BCUT2D eigenvalue weighted by Gasteiger charge is -2.29. The zero-order chi connectivity index (χ0) is 30.3. The average molecular weight is 586 g/mol. The van der Waals surface area contributed by atoms with Crippen molar-refractivity contribution in [3.8, 4) is 22.8 Å². The molecule has 1 fully saturated rings. The molecule has 2 aromatic carbocycles. The molecule has 2 heterocycles. The van der Waals surface area contributed by atoms with Gasteiger partial charge in [-0.25, -0.2) is 9.37 Å². The van der Waals surface area contributed by atoms with Gasteiger partial charge in [0, 0.05) is 31.4 Å². The molecular formula is C33H36FN5O4. The molecule has 0 spiro atoms. The van der Waals surface area contributed by atoms with Crippen molar-refractivity contribution in [1.29, 1.82) is 0 Å². The van der Waals surface area contributed by atoms with E-state index in [4.69, 9.17) is 9.84 Å². The van der Waals surface area contributed by atoms with Crippen LogP contribution >= 0.6 is 0 Å². The maximum Gasteiger partial charge on any atom is 0.272 e. The molecule has 224 valence electrons. The van der Waals surface area contributed by atoms with Gasteiger partial charge >= 0.3 is 0 Å². The van der Waals surface area contributed by atoms with E-state index in [1.165, 1.54) is 0 Å². The van der Waals surface area contributed by atoms with Crippen LogP contribution in [0.4, 0.5) is 4.39 Å². The molecule has 0 bridgehead atoms. The first-order valence-electron chi connectivity index (χ1n) is 14.5. The van der Waals surface area contributed by atoms with Gasteiger partial charge in [0.05, 0.1) is 6.20 Å². The SMILES string of the molecule is Cc1cc(C(=O)N[C@H]2CC[C@H](NC(=O)c3cc(F)cnc3Oc3cccc(-c4cccc(CCCO)c4)c3)CC2)nn1C. The third kappa shape index (κ3) is 7.64. The van der Waals surface area contributed by atoms with Crippen LogP contribution in [0.1, 0.15) is 64.2 Å². The number of aromatic nitrogens is 3. The van der Waals surface area contributed by atoms with Gasteiger partial charge in [0.1, 0.15) is 22.8 Å². The van der Waals surface area contributed by atoms with Crippen LogP contribution in [0.2, 0.25) is 0 Å². The number of halogens is 1. The Labute approximate surface area is 250 Å². The summed E-state index contributed by atoms with van der Waals surface area (Å²) in [6.07, 6.45) is 5.21. The molecule has 4 aromatic rings. The predicted octanol–water partition coefficient (Wildman–Crippen LogP) is 5.12. The highest BCUT2D eigenvalue weighted by Gasteiger charge is 2.26. The molecule has 9 nitrogen and oxygen atoms in total. The topological polar surface area (TPSA) is 118 Å². The van der Waals surface area contributed by atoms with Crippen molar-refractivity contribution in [2.75, 3.05) is 6.61 Å². The first-order chi connectivity index (χ1) is 20.8. The number of nitrogens with one attached hydrogen (secondary N) is 2. The summed E-state index contributed by atoms with van der Waals surface area (Å²) in [7, 11) is 1.80. The van der Waals surface area contributed by atoms with Gasteiger partial charge in [-0.05, 0) is 86.4 Å². The molecule has 1 saturated carbocycles. The summed E-state index contributed by atoms with van der Waals surface area (Å²) in [4.78, 5) is 29.9. The average Bonchev–Trinajstić information content (AvgIpc) is 3.36. The zero-order valence-corrected chi connectivity index (χ0v) is 24.3. The van der Waals surface area contributed by atoms with E-state index in [9.17, 15) is 14.0 Å². The largest absolute Gasteiger partial charge is 0.438 e. The molecule has 0 unspecified atom stereocenters. The Kier molecular flexibility index (Phi) is 9.46. The zero-order valence-electron chi connectivity index (χ0n) is 24.3. The number of aliphatic hydroxyl groups excluding tert-OH is 1. The van der Waals surface area contributed by atoms with Crippen LogP contribution in [0.3, 0.4) is 0 Å². The van der Waals surface area contributed by atoms with E-state index in [2.05, 4.69) is 26.8 Å². The highest BCUT2D eigenvalue weighted by atomic mass is 19.1. The molecule has 0 radical (unpaired) electrons. The highest BCUT2D eigenvalue weighted by Crippen LogP contribution is 2.29. The van der Waals surface area contributed by atoms with E-state index in [-0.39, 0.29) is 36.0 Å². The second-order valence-electron chi connectivity index (χ2n) is 11.0. The minimum atomic E-state index is -0.637. The van der Waals surface area contributed by atoms with Crippen LogP contribution in [0.15, 0.2) is 66.9 Å². The summed E-state index contributed by atoms with van der Waals surface area (Å²) < 4.78 is 21.9. The Morgan fingerprint density at radius 3 is 2.33 bits per heavy atom. The number of amides is 2. The number of pyridine rings is 1. The molecule has 3 N–H and O–H groups in total. The van der Waals surface area contributed by atoms with Crippen molar-refractivity contribution in [2.24, 2.45) is 7.05 Å². The van der Waals surface area contributed by atoms with E-state index < -0.39 is 11.7 Å². The maximum atomic E-state index is 14.2. The Morgan fingerprint density at radius 1 is 0.977 bits per heavy atom. The van der Waals surface area contributed by atoms with Crippen LogP contribution in [-0.4, -0.2) is 50.4 Å². The fraction of sp³-hybridized carbons (Fsp3) is 0.333. The Hall–Kier alpha value is -4.57. The number of aliphatic hydroxyl groups is 1. The summed E-state index contributed by atoms with van der Waals surface area (Å²) in [5.74, 6) is -0.833. The van der Waals surface area contributed by atoms with Gasteiger partial charge in [-0.3, -0.25) is 14.3 Å². The van der Waals surface area contributed by atoms with Gasteiger partial charge in [0.2, 0.25) is 5.88 Å².